The van der Waals surface area contributed by atoms with Gasteiger partial charge in [-0.05, 0) is 24.3 Å². The third-order valence-corrected chi connectivity index (χ3v) is 2.10. The van der Waals surface area contributed by atoms with Gasteiger partial charge < -0.3 is 5.21 Å². The molecule has 0 unspecified atom stereocenters. The number of aromatic nitrogens is 1. The summed E-state index contributed by atoms with van der Waals surface area (Å²) in [7, 11) is 0. The maximum Gasteiger partial charge on any atom is 0.168 e. The van der Waals surface area contributed by atoms with Crippen LogP contribution in [0.2, 0.25) is 5.02 Å². The predicted octanol–water partition coefficient (Wildman–Crippen LogP) is 2.61. The molecule has 0 aliphatic rings. The Bertz CT molecular complexity index is 520. The molecule has 1 N–H and O–H groups in total. The standard InChI is InChI=1S/C11H9ClN2O/c12-9-6-7-11(14(15)8-9)13-10-4-2-1-3-5-10/h1-8,15H. The molecule has 15 heavy (non-hydrogen) atoms. The Balaban J connectivity index is 2.50. The SMILES string of the molecule is On1cc(Cl)ccc1=Nc1ccccc1. The topological polar surface area (TPSA) is 37.5 Å². The van der Waals surface area contributed by atoms with Crippen molar-refractivity contribution in [3.05, 3.63) is 59.2 Å². The second-order valence-electron chi connectivity index (χ2n) is 3.00. The molecule has 3 nitrogen and oxygen atoms in total. The van der Waals surface area contributed by atoms with Crippen LogP contribution in [0, 0.1) is 0 Å². The third kappa shape index (κ3) is 2.39. The lowest BCUT2D eigenvalue weighted by molar-refractivity contribution is 0.172. The van der Waals surface area contributed by atoms with Gasteiger partial charge in [-0.25, -0.2) is 4.99 Å². The van der Waals surface area contributed by atoms with E-state index < -0.39 is 0 Å². The normalized spacial score (nSPS) is 11.7. The Morgan fingerprint density at radius 1 is 1.07 bits per heavy atom. The minimum atomic E-state index is 0.436. The van der Waals surface area contributed by atoms with E-state index in [4.69, 9.17) is 11.6 Å². The van der Waals surface area contributed by atoms with Gasteiger partial charge in [-0.3, -0.25) is 0 Å². The van der Waals surface area contributed by atoms with E-state index in [0.29, 0.717) is 10.5 Å². The van der Waals surface area contributed by atoms with Crippen LogP contribution in [0.15, 0.2) is 53.7 Å². The highest BCUT2D eigenvalue weighted by Gasteiger charge is 1.92. The molecule has 4 heteroatoms. The molecule has 0 atom stereocenters. The lowest BCUT2D eigenvalue weighted by Gasteiger charge is -1.98. The minimum absolute atomic E-state index is 0.436. The number of para-hydroxylation sites is 1. The molecule has 0 saturated heterocycles. The van der Waals surface area contributed by atoms with Crippen LogP contribution in [0.4, 0.5) is 5.69 Å². The van der Waals surface area contributed by atoms with Crippen molar-refractivity contribution in [1.29, 1.82) is 0 Å². The van der Waals surface area contributed by atoms with Crippen molar-refractivity contribution in [2.45, 2.75) is 0 Å². The number of rotatable bonds is 1. The molecule has 0 aliphatic heterocycles. The Morgan fingerprint density at radius 3 is 2.47 bits per heavy atom. The second kappa shape index (κ2) is 4.19. The van der Waals surface area contributed by atoms with Crippen LogP contribution in [0.1, 0.15) is 0 Å². The average Bonchev–Trinajstić information content (AvgIpc) is 2.24. The Labute approximate surface area is 91.9 Å². The first kappa shape index (κ1) is 9.80. The average molecular weight is 221 g/mol. The van der Waals surface area contributed by atoms with E-state index in [9.17, 15) is 5.21 Å². The predicted molar refractivity (Wildman–Crippen MR) is 58.3 cm³/mol. The minimum Gasteiger partial charge on any atom is -0.427 e. The molecular formula is C11H9ClN2O. The van der Waals surface area contributed by atoms with Gasteiger partial charge in [-0.1, -0.05) is 29.8 Å². The lowest BCUT2D eigenvalue weighted by atomic mass is 10.3. The molecule has 0 spiro atoms. The van der Waals surface area contributed by atoms with Gasteiger partial charge >= 0.3 is 0 Å². The number of benzene rings is 1. The third-order valence-electron chi connectivity index (χ3n) is 1.87. The number of hydrogen-bond donors (Lipinski definition) is 1. The van der Waals surface area contributed by atoms with Crippen LogP contribution in [0.3, 0.4) is 0 Å². The first-order valence-corrected chi connectivity index (χ1v) is 4.81. The number of hydrogen-bond acceptors (Lipinski definition) is 2. The molecule has 0 fully saturated rings. The van der Waals surface area contributed by atoms with Crippen molar-refractivity contribution < 1.29 is 5.21 Å². The van der Waals surface area contributed by atoms with Gasteiger partial charge in [0.15, 0.2) is 5.49 Å². The summed E-state index contributed by atoms with van der Waals surface area (Å²) < 4.78 is 0.898. The van der Waals surface area contributed by atoms with Crippen LogP contribution in [-0.4, -0.2) is 9.94 Å². The Kier molecular flexibility index (Phi) is 2.74. The smallest absolute Gasteiger partial charge is 0.168 e. The van der Waals surface area contributed by atoms with Crippen molar-refractivity contribution in [2.75, 3.05) is 0 Å². The highest BCUT2D eigenvalue weighted by Crippen LogP contribution is 2.08. The summed E-state index contributed by atoms with van der Waals surface area (Å²) in [6.07, 6.45) is 1.39. The Hall–Kier alpha value is -1.74. The van der Waals surface area contributed by atoms with E-state index >= 15 is 0 Å². The van der Waals surface area contributed by atoms with Gasteiger partial charge in [0.25, 0.3) is 0 Å². The van der Waals surface area contributed by atoms with Gasteiger partial charge in [-0.15, -0.1) is 0 Å². The van der Waals surface area contributed by atoms with E-state index in [1.807, 2.05) is 30.3 Å². The van der Waals surface area contributed by atoms with Crippen molar-refractivity contribution in [1.82, 2.24) is 4.73 Å². The Morgan fingerprint density at radius 2 is 1.80 bits per heavy atom. The van der Waals surface area contributed by atoms with Crippen LogP contribution >= 0.6 is 11.6 Å². The van der Waals surface area contributed by atoms with Gasteiger partial charge in [0, 0.05) is 0 Å². The molecule has 0 amide bonds. The molecule has 0 bridgehead atoms. The summed E-state index contributed by atoms with van der Waals surface area (Å²) in [5, 5.41) is 9.95. The zero-order valence-electron chi connectivity index (χ0n) is 7.84. The van der Waals surface area contributed by atoms with Crippen molar-refractivity contribution in [3.63, 3.8) is 0 Å². The maximum absolute atomic E-state index is 9.49. The second-order valence-corrected chi connectivity index (χ2v) is 3.43. The van der Waals surface area contributed by atoms with E-state index in [1.165, 1.54) is 6.20 Å². The molecule has 0 radical (unpaired) electrons. The fraction of sp³-hybridized carbons (Fsp3) is 0. The maximum atomic E-state index is 9.49. The molecule has 1 heterocycles. The van der Waals surface area contributed by atoms with Crippen LogP contribution in [0.25, 0.3) is 0 Å². The quantitative estimate of drug-likeness (QED) is 0.737. The largest absolute Gasteiger partial charge is 0.427 e. The molecule has 0 aliphatic carbocycles. The fourth-order valence-corrected chi connectivity index (χ4v) is 1.34. The first-order chi connectivity index (χ1) is 7.25. The van der Waals surface area contributed by atoms with Gasteiger partial charge in [0.05, 0.1) is 16.9 Å². The number of nitrogens with zero attached hydrogens (tertiary/aromatic N) is 2. The van der Waals surface area contributed by atoms with Crippen LogP contribution in [0.5, 0.6) is 0 Å². The zero-order valence-corrected chi connectivity index (χ0v) is 8.59. The van der Waals surface area contributed by atoms with Crippen molar-refractivity contribution in [3.8, 4) is 0 Å². The summed E-state index contributed by atoms with van der Waals surface area (Å²) >= 11 is 5.70. The molecule has 1 aromatic heterocycles. The molecule has 2 rings (SSSR count). The number of halogens is 1. The lowest BCUT2D eigenvalue weighted by Crippen LogP contribution is -2.16. The molecule has 1 aromatic carbocycles. The zero-order chi connectivity index (χ0) is 10.7. The van der Waals surface area contributed by atoms with Gasteiger partial charge in [0.2, 0.25) is 0 Å². The van der Waals surface area contributed by atoms with Crippen molar-refractivity contribution in [2.24, 2.45) is 4.99 Å². The van der Waals surface area contributed by atoms with E-state index in [1.54, 1.807) is 12.1 Å². The molecular weight excluding hydrogens is 212 g/mol. The summed E-state index contributed by atoms with van der Waals surface area (Å²) in [5.41, 5.74) is 1.22. The van der Waals surface area contributed by atoms with E-state index in [0.717, 1.165) is 10.4 Å². The molecule has 76 valence electrons. The summed E-state index contributed by atoms with van der Waals surface area (Å²) in [5.74, 6) is 0. The molecule has 2 aromatic rings. The van der Waals surface area contributed by atoms with E-state index in [-0.39, 0.29) is 0 Å². The first-order valence-electron chi connectivity index (χ1n) is 4.43. The highest BCUT2D eigenvalue weighted by molar-refractivity contribution is 6.30. The van der Waals surface area contributed by atoms with Gasteiger partial charge in [-0.2, -0.15) is 4.73 Å². The fourth-order valence-electron chi connectivity index (χ4n) is 1.18. The summed E-state index contributed by atoms with van der Waals surface area (Å²) in [4.78, 5) is 4.24. The van der Waals surface area contributed by atoms with Gasteiger partial charge in [0.1, 0.15) is 0 Å². The highest BCUT2D eigenvalue weighted by atomic mass is 35.5. The molecule has 0 saturated carbocycles. The number of pyridine rings is 1. The summed E-state index contributed by atoms with van der Waals surface area (Å²) in [6.45, 7) is 0. The van der Waals surface area contributed by atoms with E-state index in [2.05, 4.69) is 4.99 Å². The van der Waals surface area contributed by atoms with Crippen LogP contribution in [-0.2, 0) is 0 Å². The monoisotopic (exact) mass is 220 g/mol. The summed E-state index contributed by atoms with van der Waals surface area (Å²) in [6, 6.07) is 12.7. The van der Waals surface area contributed by atoms with Crippen molar-refractivity contribution >= 4 is 17.3 Å². The van der Waals surface area contributed by atoms with Crippen LogP contribution < -0.4 is 5.49 Å².